The van der Waals surface area contributed by atoms with Gasteiger partial charge in [0, 0.05) is 16.7 Å². The Bertz CT molecular complexity index is 3230. The number of fused-ring (bicyclic) bond motifs is 1. The average molecular weight is 834 g/mol. The van der Waals surface area contributed by atoms with Gasteiger partial charge in [-0.05, 0) is 109 Å². The number of hydrogen-bond acceptors (Lipinski definition) is 1. The fourth-order valence-electron chi connectivity index (χ4n) is 10.5. The SMILES string of the molecule is c1ccc(-c2ccc(N(c3ccccc3-c3ccccc3-c3ccccc3-c3ccccc3)c3ccccc3-c3cccc4cccc(C5CCCCC5)c34)c(-c3ccccc3)c2)cc1. The molecular formula is C64H51N. The first-order valence-electron chi connectivity index (χ1n) is 23.3. The van der Waals surface area contributed by atoms with E-state index in [0.717, 1.165) is 22.6 Å². The van der Waals surface area contributed by atoms with Crippen LogP contribution in [0.25, 0.3) is 77.5 Å². The summed E-state index contributed by atoms with van der Waals surface area (Å²) >= 11 is 0. The summed E-state index contributed by atoms with van der Waals surface area (Å²) < 4.78 is 0. The number of nitrogens with zero attached hydrogens (tertiary/aromatic N) is 1. The van der Waals surface area contributed by atoms with Gasteiger partial charge in [-0.2, -0.15) is 0 Å². The van der Waals surface area contributed by atoms with Crippen molar-refractivity contribution in [1.82, 2.24) is 0 Å². The Hall–Kier alpha value is -7.74. The normalized spacial score (nSPS) is 12.9. The minimum Gasteiger partial charge on any atom is -0.309 e. The van der Waals surface area contributed by atoms with Crippen LogP contribution in [0.1, 0.15) is 43.6 Å². The maximum absolute atomic E-state index is 2.56. The largest absolute Gasteiger partial charge is 0.309 e. The van der Waals surface area contributed by atoms with Crippen molar-refractivity contribution >= 4 is 27.8 Å². The first kappa shape index (κ1) is 40.1. The Kier molecular flexibility index (Phi) is 11.2. The van der Waals surface area contributed by atoms with Gasteiger partial charge in [0.2, 0.25) is 0 Å². The van der Waals surface area contributed by atoms with Crippen molar-refractivity contribution in [3.05, 3.63) is 248 Å². The molecule has 312 valence electrons. The van der Waals surface area contributed by atoms with E-state index in [1.54, 1.807) is 0 Å². The molecule has 0 saturated heterocycles. The Morgan fingerprint density at radius 1 is 0.277 bits per heavy atom. The van der Waals surface area contributed by atoms with E-state index < -0.39 is 0 Å². The number of anilines is 3. The summed E-state index contributed by atoms with van der Waals surface area (Å²) in [6.07, 6.45) is 6.41. The monoisotopic (exact) mass is 833 g/mol. The standard InChI is InChI=1S/C64H51N/c1-5-23-46(24-6-1)51-43-44-63(60(45-51)49-29-11-4-12-30-49)65(62-42-20-18-38-58(62)59-40-22-32-50-31-21-39-53(64(50)59)48-27-9-3-10-28-48)61-41-19-17-37-57(61)56-36-16-15-35-55(56)54-34-14-13-33-52(54)47-25-7-2-8-26-47/h1-2,4-8,11-26,29-45,48H,3,9-10,27-28H2. The van der Waals surface area contributed by atoms with Gasteiger partial charge in [0.1, 0.15) is 0 Å². The van der Waals surface area contributed by atoms with Crippen molar-refractivity contribution in [1.29, 1.82) is 0 Å². The van der Waals surface area contributed by atoms with Crippen molar-refractivity contribution in [2.75, 3.05) is 4.90 Å². The molecule has 1 fully saturated rings. The molecular weight excluding hydrogens is 783 g/mol. The van der Waals surface area contributed by atoms with E-state index in [-0.39, 0.29) is 0 Å². The van der Waals surface area contributed by atoms with E-state index in [1.165, 1.54) is 110 Å². The molecule has 1 heteroatoms. The molecule has 10 aromatic rings. The lowest BCUT2D eigenvalue weighted by atomic mass is 9.80. The van der Waals surface area contributed by atoms with Gasteiger partial charge in [0.05, 0.1) is 17.1 Å². The molecule has 0 radical (unpaired) electrons. The molecule has 0 atom stereocenters. The third kappa shape index (κ3) is 7.85. The van der Waals surface area contributed by atoms with Gasteiger partial charge in [-0.3, -0.25) is 0 Å². The average Bonchev–Trinajstić information content (AvgIpc) is 3.40. The van der Waals surface area contributed by atoms with Crippen molar-refractivity contribution in [3.8, 4) is 66.8 Å². The van der Waals surface area contributed by atoms with Crippen molar-refractivity contribution < 1.29 is 0 Å². The van der Waals surface area contributed by atoms with E-state index in [9.17, 15) is 0 Å². The molecule has 0 spiro atoms. The van der Waals surface area contributed by atoms with Gasteiger partial charge in [0.25, 0.3) is 0 Å². The molecule has 1 aliphatic rings. The maximum Gasteiger partial charge on any atom is 0.0540 e. The number of para-hydroxylation sites is 2. The molecule has 0 N–H and O–H groups in total. The summed E-state index contributed by atoms with van der Waals surface area (Å²) in [7, 11) is 0. The predicted octanol–water partition coefficient (Wildman–Crippen LogP) is 18.4. The number of benzene rings is 10. The summed E-state index contributed by atoms with van der Waals surface area (Å²) in [5.41, 5.74) is 19.2. The van der Waals surface area contributed by atoms with E-state index in [0.29, 0.717) is 5.92 Å². The summed E-state index contributed by atoms with van der Waals surface area (Å²) in [6, 6.07) is 89.4. The molecule has 1 nitrogen and oxygen atoms in total. The molecule has 0 bridgehead atoms. The number of hydrogen-bond donors (Lipinski definition) is 0. The van der Waals surface area contributed by atoms with Gasteiger partial charge in [-0.25, -0.2) is 0 Å². The summed E-state index contributed by atoms with van der Waals surface area (Å²) in [6.45, 7) is 0. The van der Waals surface area contributed by atoms with Crippen LogP contribution in [0.2, 0.25) is 0 Å². The summed E-state index contributed by atoms with van der Waals surface area (Å²) in [5.74, 6) is 0.558. The van der Waals surface area contributed by atoms with Crippen LogP contribution in [0.3, 0.4) is 0 Å². The lowest BCUT2D eigenvalue weighted by molar-refractivity contribution is 0.445. The van der Waals surface area contributed by atoms with Gasteiger partial charge in [-0.15, -0.1) is 0 Å². The molecule has 1 aliphatic carbocycles. The van der Waals surface area contributed by atoms with Crippen LogP contribution in [-0.2, 0) is 0 Å². The fourth-order valence-corrected chi connectivity index (χ4v) is 10.5. The zero-order valence-corrected chi connectivity index (χ0v) is 36.7. The smallest absolute Gasteiger partial charge is 0.0540 e. The highest BCUT2D eigenvalue weighted by molar-refractivity contribution is 6.06. The van der Waals surface area contributed by atoms with Crippen LogP contribution in [-0.4, -0.2) is 0 Å². The second kappa shape index (κ2) is 18.2. The second-order valence-electron chi connectivity index (χ2n) is 17.4. The van der Waals surface area contributed by atoms with E-state index >= 15 is 0 Å². The lowest BCUT2D eigenvalue weighted by Gasteiger charge is -2.32. The number of rotatable bonds is 10. The van der Waals surface area contributed by atoms with Gasteiger partial charge in [-0.1, -0.05) is 238 Å². The molecule has 0 unspecified atom stereocenters. The molecule has 0 amide bonds. The zero-order chi connectivity index (χ0) is 43.4. The Morgan fingerprint density at radius 2 is 0.708 bits per heavy atom. The van der Waals surface area contributed by atoms with E-state index in [4.69, 9.17) is 0 Å². The van der Waals surface area contributed by atoms with Crippen LogP contribution in [0, 0.1) is 0 Å². The third-order valence-electron chi connectivity index (χ3n) is 13.5. The first-order valence-corrected chi connectivity index (χ1v) is 23.3. The molecule has 1 saturated carbocycles. The quantitative estimate of drug-likeness (QED) is 0.133. The Balaban J connectivity index is 1.19. The Labute approximate surface area is 384 Å². The van der Waals surface area contributed by atoms with Crippen LogP contribution in [0.15, 0.2) is 243 Å². The Morgan fingerprint density at radius 3 is 1.32 bits per heavy atom. The molecule has 0 aliphatic heterocycles. The van der Waals surface area contributed by atoms with Gasteiger partial charge < -0.3 is 4.90 Å². The topological polar surface area (TPSA) is 3.24 Å². The van der Waals surface area contributed by atoms with Crippen molar-refractivity contribution in [3.63, 3.8) is 0 Å². The highest BCUT2D eigenvalue weighted by Crippen LogP contribution is 2.51. The lowest BCUT2D eigenvalue weighted by Crippen LogP contribution is -2.14. The predicted molar refractivity (Wildman–Crippen MR) is 277 cm³/mol. The van der Waals surface area contributed by atoms with Crippen LogP contribution < -0.4 is 4.90 Å². The minimum absolute atomic E-state index is 0.558. The first-order chi connectivity index (χ1) is 32.3. The fraction of sp³-hybridized carbons (Fsp3) is 0.0938. The molecule has 0 aromatic heterocycles. The van der Waals surface area contributed by atoms with Crippen molar-refractivity contribution in [2.24, 2.45) is 0 Å². The van der Waals surface area contributed by atoms with Crippen LogP contribution in [0.5, 0.6) is 0 Å². The van der Waals surface area contributed by atoms with Crippen LogP contribution in [0.4, 0.5) is 17.1 Å². The van der Waals surface area contributed by atoms with Gasteiger partial charge >= 0.3 is 0 Å². The molecule has 10 aromatic carbocycles. The van der Waals surface area contributed by atoms with Crippen LogP contribution >= 0.6 is 0 Å². The third-order valence-corrected chi connectivity index (χ3v) is 13.5. The summed E-state index contributed by atoms with van der Waals surface area (Å²) in [5, 5.41) is 2.68. The van der Waals surface area contributed by atoms with E-state index in [1.807, 2.05) is 0 Å². The molecule has 11 rings (SSSR count). The highest BCUT2D eigenvalue weighted by atomic mass is 15.1. The molecule has 65 heavy (non-hydrogen) atoms. The molecule has 0 heterocycles. The maximum atomic E-state index is 2.56. The second-order valence-corrected chi connectivity index (χ2v) is 17.4. The van der Waals surface area contributed by atoms with Gasteiger partial charge in [0.15, 0.2) is 0 Å². The minimum atomic E-state index is 0.558. The van der Waals surface area contributed by atoms with Crippen molar-refractivity contribution in [2.45, 2.75) is 38.0 Å². The highest BCUT2D eigenvalue weighted by Gasteiger charge is 2.27. The zero-order valence-electron chi connectivity index (χ0n) is 36.7. The summed E-state index contributed by atoms with van der Waals surface area (Å²) in [4.78, 5) is 2.56. The van der Waals surface area contributed by atoms with E-state index in [2.05, 4.69) is 248 Å².